The van der Waals surface area contributed by atoms with E-state index < -0.39 is 8.41 Å². The van der Waals surface area contributed by atoms with E-state index in [4.69, 9.17) is 0 Å². The molecule has 0 spiro atoms. The van der Waals surface area contributed by atoms with Gasteiger partial charge in [0, 0.05) is 0 Å². The molecule has 4 heteroatoms. The molecule has 2 aliphatic carbocycles. The maximum absolute atomic E-state index is 2.45. The molecule has 0 atom stereocenters. The molecule has 0 saturated heterocycles. The summed E-state index contributed by atoms with van der Waals surface area (Å²) in [4.78, 5) is 1.51. The zero-order valence-corrected chi connectivity index (χ0v) is 24.4. The topological polar surface area (TPSA) is 0 Å². The van der Waals surface area contributed by atoms with Gasteiger partial charge in [-0.25, -0.2) is 0 Å². The molecule has 6 rings (SSSR count). The first-order valence-electron chi connectivity index (χ1n) is 11.9. The van der Waals surface area contributed by atoms with Gasteiger partial charge < -0.3 is 24.8 Å². The molecule has 2 aliphatic rings. The first-order valence-corrected chi connectivity index (χ1v) is 14.1. The number of allylic oxidation sites excluding steroid dienone is 4. The van der Waals surface area contributed by atoms with Crippen molar-refractivity contribution in [2.75, 3.05) is 0 Å². The summed E-state index contributed by atoms with van der Waals surface area (Å²) in [5.74, 6) is 0. The largest absolute Gasteiger partial charge is 1.00 e. The Morgan fingerprint density at radius 1 is 0.611 bits per heavy atom. The van der Waals surface area contributed by atoms with Crippen LogP contribution in [0.15, 0.2) is 114 Å². The molecule has 0 N–H and O–H groups in total. The molecule has 175 valence electrons. The summed E-state index contributed by atoms with van der Waals surface area (Å²) in [6.45, 7) is 4.57. The van der Waals surface area contributed by atoms with Crippen LogP contribution in [0.1, 0.15) is 31.4 Å². The third kappa shape index (κ3) is 4.38. The van der Waals surface area contributed by atoms with Crippen LogP contribution in [0, 0.1) is 15.3 Å². The summed E-state index contributed by atoms with van der Waals surface area (Å²) in [6.07, 6.45) is 3.42. The summed E-state index contributed by atoms with van der Waals surface area (Å²) in [7, 11) is -1.19. The second-order valence-electron chi connectivity index (χ2n) is 9.13. The van der Waals surface area contributed by atoms with Crippen molar-refractivity contribution in [3.63, 3.8) is 0 Å². The molecule has 4 aromatic rings. The zero-order chi connectivity index (χ0) is 23.2. The van der Waals surface area contributed by atoms with E-state index in [0.29, 0.717) is 0 Å². The van der Waals surface area contributed by atoms with Crippen molar-refractivity contribution < 1.29 is 45.2 Å². The van der Waals surface area contributed by atoms with Gasteiger partial charge in [0.25, 0.3) is 0 Å². The molecule has 36 heavy (non-hydrogen) atoms. The first-order chi connectivity index (χ1) is 16.6. The smallest absolute Gasteiger partial charge is 1.00 e. The van der Waals surface area contributed by atoms with Crippen molar-refractivity contribution in [3.05, 3.63) is 146 Å². The molecule has 0 saturated carbocycles. The second-order valence-corrected chi connectivity index (χ2v) is 12.4. The van der Waals surface area contributed by atoms with Gasteiger partial charge in [-0.05, 0) is 0 Å². The molecule has 0 aliphatic heterocycles. The minimum absolute atomic E-state index is 0. The summed E-state index contributed by atoms with van der Waals surface area (Å²) in [6, 6.07) is 36.1. The van der Waals surface area contributed by atoms with Gasteiger partial charge in [0.2, 0.25) is 0 Å². The van der Waals surface area contributed by atoms with E-state index in [0.717, 1.165) is 6.42 Å². The molecule has 0 aromatic heterocycles. The van der Waals surface area contributed by atoms with E-state index in [-0.39, 0.29) is 24.8 Å². The van der Waals surface area contributed by atoms with Crippen molar-refractivity contribution in [1.82, 2.24) is 0 Å². The molecular formula is C32H25Cl2SiTi. The minimum atomic E-state index is -1.19. The first kappa shape index (κ1) is 26.8. The van der Waals surface area contributed by atoms with Gasteiger partial charge in [0.05, 0.1) is 0 Å². The van der Waals surface area contributed by atoms with E-state index in [1.54, 1.807) is 0 Å². The van der Waals surface area contributed by atoms with Crippen LogP contribution in [0.3, 0.4) is 0 Å². The van der Waals surface area contributed by atoms with Crippen LogP contribution in [0.5, 0.6) is 0 Å². The maximum Gasteiger partial charge on any atom is -1.00 e. The van der Waals surface area contributed by atoms with Gasteiger partial charge in [0.15, 0.2) is 0 Å². The van der Waals surface area contributed by atoms with Crippen LogP contribution >= 0.6 is 0 Å². The molecule has 0 heterocycles. The minimum Gasteiger partial charge on any atom is -1.00 e. The van der Waals surface area contributed by atoms with E-state index >= 15 is 0 Å². The number of benzene rings is 4. The van der Waals surface area contributed by atoms with Crippen LogP contribution in [-0.4, -0.2) is 8.41 Å². The summed E-state index contributed by atoms with van der Waals surface area (Å²) in [5, 5.41) is 7.02. The van der Waals surface area contributed by atoms with E-state index in [2.05, 4.69) is 137 Å². The van der Waals surface area contributed by atoms with Gasteiger partial charge in [-0.1, -0.05) is 0 Å². The van der Waals surface area contributed by atoms with Crippen molar-refractivity contribution in [3.8, 4) is 0 Å². The van der Waals surface area contributed by atoms with Crippen LogP contribution in [0.4, 0.5) is 0 Å². The molecule has 4 aromatic carbocycles. The SMILES string of the molecule is CC1=CCC(c2c3c(ccc2=[Si](c2ccccc2)c2ccccc2)=c2ccccc2=[C]3[Ti+2])=C1C.[Cl-].[Cl-]. The van der Waals surface area contributed by atoms with Crippen molar-refractivity contribution in [1.29, 1.82) is 0 Å². The fourth-order valence-electron chi connectivity index (χ4n) is 5.46. The predicted molar refractivity (Wildman–Crippen MR) is 140 cm³/mol. The Morgan fingerprint density at radius 3 is 1.72 bits per heavy atom. The second kappa shape index (κ2) is 11.0. The molecule has 0 unspecified atom stereocenters. The number of rotatable bonds is 3. The zero-order valence-electron chi connectivity index (χ0n) is 20.3. The Kier molecular flexibility index (Phi) is 8.19. The molecule has 0 nitrogen and oxygen atoms in total. The normalized spacial score (nSPS) is 13.4. The van der Waals surface area contributed by atoms with Gasteiger partial charge >= 0.3 is 215 Å². The van der Waals surface area contributed by atoms with Crippen LogP contribution in [0.25, 0.3) is 9.45 Å². The summed E-state index contributed by atoms with van der Waals surface area (Å²) in [5.41, 5.74) is 7.30. The Hall–Kier alpha value is -2.26. The summed E-state index contributed by atoms with van der Waals surface area (Å²) >= 11 is 2.32. The molecule has 0 radical (unpaired) electrons. The summed E-state index contributed by atoms with van der Waals surface area (Å²) < 4.78 is 1.41. The average Bonchev–Trinajstić information content (AvgIpc) is 3.37. The average molecular weight is 556 g/mol. The Bertz CT molecular complexity index is 1700. The Morgan fingerprint density at radius 2 is 1.17 bits per heavy atom. The molecular weight excluding hydrogens is 531 g/mol. The van der Waals surface area contributed by atoms with Crippen LogP contribution in [0.2, 0.25) is 0 Å². The number of halogens is 2. The molecule has 0 fully saturated rings. The van der Waals surface area contributed by atoms with Gasteiger partial charge in [-0.3, -0.25) is 0 Å². The predicted octanol–water partition coefficient (Wildman–Crippen LogP) is -0.736. The number of hydrogen-bond acceptors (Lipinski definition) is 0. The van der Waals surface area contributed by atoms with Crippen molar-refractivity contribution in [2.24, 2.45) is 0 Å². The van der Waals surface area contributed by atoms with Gasteiger partial charge in [0.1, 0.15) is 0 Å². The fraction of sp³-hybridized carbons (Fsp3) is 0.0938. The van der Waals surface area contributed by atoms with Gasteiger partial charge in [-0.2, -0.15) is 0 Å². The van der Waals surface area contributed by atoms with E-state index in [9.17, 15) is 0 Å². The van der Waals surface area contributed by atoms with Gasteiger partial charge in [-0.15, -0.1) is 0 Å². The molecule has 0 amide bonds. The third-order valence-electron chi connectivity index (χ3n) is 7.29. The number of fused-ring (bicyclic) bond motifs is 2. The molecule has 0 bridgehead atoms. The standard InChI is InChI=1S/C32H25Si.2ClH.Ti/c1-22-17-18-27(23(22)2)32-30-21-24-11-9-10-16-28(24)29(30)19-20-31(32)33(25-12-5-3-6-13-25)26-14-7-4-8-15-26;;;/h3-17,19-20H,18H2,1-2H3;2*1H;/q;;;+2/p-2. The fourth-order valence-corrected chi connectivity index (χ4v) is 8.98. The Balaban J connectivity index is 0.00000152. The number of hydrogen-bond donors (Lipinski definition) is 0. The van der Waals surface area contributed by atoms with Crippen LogP contribution in [-0.2, 0) is 20.4 Å². The van der Waals surface area contributed by atoms with Crippen LogP contribution < -0.4 is 40.4 Å². The quantitative estimate of drug-likeness (QED) is 0.292. The maximum atomic E-state index is 2.45. The van der Waals surface area contributed by atoms with Crippen molar-refractivity contribution in [2.45, 2.75) is 20.3 Å². The monoisotopic (exact) mass is 555 g/mol. The van der Waals surface area contributed by atoms with E-state index in [1.165, 1.54) is 62.6 Å². The van der Waals surface area contributed by atoms with E-state index in [1.807, 2.05) is 0 Å². The Labute approximate surface area is 238 Å². The third-order valence-corrected chi connectivity index (χ3v) is 10.9. The van der Waals surface area contributed by atoms with Crippen molar-refractivity contribution >= 4 is 28.2 Å².